The van der Waals surface area contributed by atoms with Gasteiger partial charge in [-0.3, -0.25) is 4.79 Å². The molecule has 1 nitrogen and oxygen atoms in total. The van der Waals surface area contributed by atoms with E-state index in [0.717, 1.165) is 0 Å². The van der Waals surface area contributed by atoms with Gasteiger partial charge in [-0.2, -0.15) is 0 Å². The molecule has 0 amide bonds. The van der Waals surface area contributed by atoms with Gasteiger partial charge in [0.15, 0.2) is 5.78 Å². The molecule has 3 heteroatoms. The number of aryl methyl sites for hydroxylation is 1. The molecule has 70 valence electrons. The highest BCUT2D eigenvalue weighted by molar-refractivity contribution is 9.10. The molecule has 0 N–H and O–H groups in total. The van der Waals surface area contributed by atoms with Crippen molar-refractivity contribution < 1.29 is 9.18 Å². The number of ketones is 1. The van der Waals surface area contributed by atoms with Crippen LogP contribution >= 0.6 is 15.9 Å². The lowest BCUT2D eigenvalue weighted by Gasteiger charge is -2.05. The summed E-state index contributed by atoms with van der Waals surface area (Å²) in [6.45, 7) is 3.33. The van der Waals surface area contributed by atoms with Gasteiger partial charge in [0.25, 0.3) is 0 Å². The Bertz CT molecular complexity index is 334. The van der Waals surface area contributed by atoms with Gasteiger partial charge in [0.2, 0.25) is 0 Å². The molecule has 1 atom stereocenters. The molecule has 0 aliphatic heterocycles. The van der Waals surface area contributed by atoms with E-state index in [0.29, 0.717) is 5.56 Å². The molecule has 0 radical (unpaired) electrons. The van der Waals surface area contributed by atoms with Crippen LogP contribution in [0.25, 0.3) is 0 Å². The Labute approximate surface area is 85.1 Å². The summed E-state index contributed by atoms with van der Waals surface area (Å²) in [6, 6.07) is 4.83. The molecule has 1 aromatic carbocycles. The van der Waals surface area contributed by atoms with Crippen LogP contribution in [0.4, 0.5) is 4.39 Å². The summed E-state index contributed by atoms with van der Waals surface area (Å²) in [5, 5.41) is 0. The van der Waals surface area contributed by atoms with E-state index in [1.807, 2.05) is 0 Å². The second-order valence-corrected chi connectivity index (χ2v) is 4.29. The van der Waals surface area contributed by atoms with Crippen molar-refractivity contribution in [3.63, 3.8) is 0 Å². The molecule has 0 aromatic heterocycles. The standard InChI is InChI=1S/C10H10BrFO/c1-6-4-3-5-8(9(6)12)10(13)7(2)11/h3-5,7H,1-2H3. The van der Waals surface area contributed by atoms with Gasteiger partial charge in [0.05, 0.1) is 10.4 Å². The third-order valence-electron chi connectivity index (χ3n) is 1.82. The smallest absolute Gasteiger partial charge is 0.179 e. The Balaban J connectivity index is 3.15. The number of benzene rings is 1. The highest BCUT2D eigenvalue weighted by Crippen LogP contribution is 2.16. The van der Waals surface area contributed by atoms with Crippen molar-refractivity contribution in [2.45, 2.75) is 18.7 Å². The number of halogens is 2. The molecule has 0 saturated carbocycles. The van der Waals surface area contributed by atoms with Crippen molar-refractivity contribution in [2.24, 2.45) is 0 Å². The van der Waals surface area contributed by atoms with Gasteiger partial charge in [-0.25, -0.2) is 4.39 Å². The van der Waals surface area contributed by atoms with E-state index in [1.165, 1.54) is 6.07 Å². The van der Waals surface area contributed by atoms with Crippen LogP contribution in [0, 0.1) is 12.7 Å². The molecule has 0 aliphatic carbocycles. The number of alkyl halides is 1. The Morgan fingerprint density at radius 3 is 2.69 bits per heavy atom. The predicted molar refractivity (Wildman–Crippen MR) is 53.9 cm³/mol. The number of carbonyl (C=O) groups is 1. The largest absolute Gasteiger partial charge is 0.293 e. The van der Waals surface area contributed by atoms with Gasteiger partial charge in [0.1, 0.15) is 5.82 Å². The summed E-state index contributed by atoms with van der Waals surface area (Å²) in [6.07, 6.45) is 0. The van der Waals surface area contributed by atoms with Crippen LogP contribution in [-0.2, 0) is 0 Å². The molecule has 0 saturated heterocycles. The van der Waals surface area contributed by atoms with Gasteiger partial charge >= 0.3 is 0 Å². The number of carbonyl (C=O) groups excluding carboxylic acids is 1. The molecule has 0 spiro atoms. The predicted octanol–water partition coefficient (Wildman–Crippen LogP) is 3.10. The van der Waals surface area contributed by atoms with Crippen LogP contribution in [0.2, 0.25) is 0 Å². The quantitative estimate of drug-likeness (QED) is 0.578. The van der Waals surface area contributed by atoms with Crippen LogP contribution < -0.4 is 0 Å². The van der Waals surface area contributed by atoms with Crippen LogP contribution in [0.1, 0.15) is 22.8 Å². The molecular formula is C10H10BrFO. The fourth-order valence-electron chi connectivity index (χ4n) is 1.05. The molecule has 1 unspecified atom stereocenters. The van der Waals surface area contributed by atoms with E-state index in [-0.39, 0.29) is 16.2 Å². The van der Waals surface area contributed by atoms with Crippen molar-refractivity contribution in [1.29, 1.82) is 0 Å². The molecule has 0 fully saturated rings. The molecule has 1 rings (SSSR count). The fourth-order valence-corrected chi connectivity index (χ4v) is 1.30. The number of rotatable bonds is 2. The highest BCUT2D eigenvalue weighted by Gasteiger charge is 2.16. The normalized spacial score (nSPS) is 12.6. The van der Waals surface area contributed by atoms with E-state index in [9.17, 15) is 9.18 Å². The monoisotopic (exact) mass is 244 g/mol. The third-order valence-corrected chi connectivity index (χ3v) is 2.23. The summed E-state index contributed by atoms with van der Waals surface area (Å²) in [5.41, 5.74) is 0.656. The van der Waals surface area contributed by atoms with Crippen molar-refractivity contribution in [1.82, 2.24) is 0 Å². The minimum Gasteiger partial charge on any atom is -0.293 e. The maximum Gasteiger partial charge on any atom is 0.179 e. The number of hydrogen-bond acceptors (Lipinski definition) is 1. The van der Waals surface area contributed by atoms with Crippen LogP contribution in [0.5, 0.6) is 0 Å². The molecule has 0 aliphatic rings. The van der Waals surface area contributed by atoms with Gasteiger partial charge in [-0.1, -0.05) is 28.1 Å². The second kappa shape index (κ2) is 4.01. The third kappa shape index (κ3) is 2.15. The summed E-state index contributed by atoms with van der Waals surface area (Å²) < 4.78 is 13.4. The first-order valence-electron chi connectivity index (χ1n) is 3.97. The van der Waals surface area contributed by atoms with E-state index < -0.39 is 5.82 Å². The zero-order valence-corrected chi connectivity index (χ0v) is 9.06. The van der Waals surface area contributed by atoms with Gasteiger partial charge in [-0.05, 0) is 25.5 Å². The van der Waals surface area contributed by atoms with E-state index in [2.05, 4.69) is 15.9 Å². The van der Waals surface area contributed by atoms with Gasteiger partial charge in [0, 0.05) is 0 Å². The topological polar surface area (TPSA) is 17.1 Å². The number of Topliss-reactive ketones (excluding diaryl/α,β-unsaturated/α-hetero) is 1. The molecule has 0 heterocycles. The van der Waals surface area contributed by atoms with Crippen molar-refractivity contribution in [3.8, 4) is 0 Å². The highest BCUT2D eigenvalue weighted by atomic mass is 79.9. The second-order valence-electron chi connectivity index (χ2n) is 2.92. The van der Waals surface area contributed by atoms with Crippen molar-refractivity contribution in [3.05, 3.63) is 35.1 Å². The minimum absolute atomic E-state index is 0.157. The van der Waals surface area contributed by atoms with Crippen LogP contribution in [0.3, 0.4) is 0 Å². The van der Waals surface area contributed by atoms with E-state index >= 15 is 0 Å². The Morgan fingerprint density at radius 1 is 1.54 bits per heavy atom. The average molecular weight is 245 g/mol. The van der Waals surface area contributed by atoms with Crippen LogP contribution in [0.15, 0.2) is 18.2 Å². The zero-order valence-electron chi connectivity index (χ0n) is 7.47. The maximum atomic E-state index is 13.4. The molecular weight excluding hydrogens is 235 g/mol. The maximum absolute atomic E-state index is 13.4. The van der Waals surface area contributed by atoms with Crippen LogP contribution in [-0.4, -0.2) is 10.6 Å². The first-order chi connectivity index (χ1) is 6.04. The Morgan fingerprint density at radius 2 is 2.15 bits per heavy atom. The lowest BCUT2D eigenvalue weighted by atomic mass is 10.1. The van der Waals surface area contributed by atoms with E-state index in [4.69, 9.17) is 0 Å². The molecule has 0 bridgehead atoms. The SMILES string of the molecule is Cc1cccc(C(=O)C(C)Br)c1F. The zero-order chi connectivity index (χ0) is 10.0. The molecule has 1 aromatic rings. The Hall–Kier alpha value is -0.700. The summed E-state index contributed by atoms with van der Waals surface area (Å²) in [7, 11) is 0. The minimum atomic E-state index is -0.418. The first-order valence-corrected chi connectivity index (χ1v) is 4.89. The fraction of sp³-hybridized carbons (Fsp3) is 0.300. The van der Waals surface area contributed by atoms with Gasteiger partial charge < -0.3 is 0 Å². The van der Waals surface area contributed by atoms with Crippen molar-refractivity contribution in [2.75, 3.05) is 0 Å². The average Bonchev–Trinajstić information content (AvgIpc) is 2.08. The van der Waals surface area contributed by atoms with Crippen molar-refractivity contribution >= 4 is 21.7 Å². The number of hydrogen-bond donors (Lipinski definition) is 0. The van der Waals surface area contributed by atoms with Gasteiger partial charge in [-0.15, -0.1) is 0 Å². The summed E-state index contributed by atoms with van der Waals surface area (Å²) in [5.74, 6) is -0.639. The first kappa shape index (κ1) is 10.4. The summed E-state index contributed by atoms with van der Waals surface area (Å²) >= 11 is 3.12. The lowest BCUT2D eigenvalue weighted by Crippen LogP contribution is -2.12. The van der Waals surface area contributed by atoms with E-state index in [1.54, 1.807) is 26.0 Å². The molecule has 13 heavy (non-hydrogen) atoms. The Kier molecular flexibility index (Phi) is 3.20. The summed E-state index contributed by atoms with van der Waals surface area (Å²) in [4.78, 5) is 11.1. The lowest BCUT2D eigenvalue weighted by molar-refractivity contribution is 0.0992.